The van der Waals surface area contributed by atoms with E-state index in [0.717, 1.165) is 0 Å². The van der Waals surface area contributed by atoms with Crippen LogP contribution in [-0.4, -0.2) is 65.9 Å². The molecule has 11 heteroatoms. The van der Waals surface area contributed by atoms with E-state index in [1.54, 1.807) is 25.7 Å². The molecule has 1 aliphatic rings. The minimum absolute atomic E-state index is 0.0665. The predicted molar refractivity (Wildman–Crippen MR) is 92.1 cm³/mol. The molecule has 11 nitrogen and oxygen atoms in total. The number of alkyl carbamates (subject to hydrolysis) is 1. The van der Waals surface area contributed by atoms with Crippen molar-refractivity contribution in [2.24, 2.45) is 0 Å². The van der Waals surface area contributed by atoms with E-state index in [0.29, 0.717) is 25.9 Å². The first kappa shape index (κ1) is 22.5. The van der Waals surface area contributed by atoms with Crippen LogP contribution >= 0.6 is 0 Å². The first-order chi connectivity index (χ1) is 12.6. The van der Waals surface area contributed by atoms with Crippen molar-refractivity contribution < 1.29 is 33.8 Å². The summed E-state index contributed by atoms with van der Waals surface area (Å²) in [5, 5.41) is 11.8. The normalized spacial score (nSPS) is 15.0. The highest BCUT2D eigenvalue weighted by atomic mass is 16.9. The average molecular weight is 389 g/mol. The van der Waals surface area contributed by atoms with E-state index in [2.05, 4.69) is 10.2 Å². The lowest BCUT2D eigenvalue weighted by Crippen LogP contribution is -2.48. The van der Waals surface area contributed by atoms with Crippen LogP contribution in [0.5, 0.6) is 0 Å². The Morgan fingerprint density at radius 2 is 1.85 bits per heavy atom. The third-order valence-corrected chi connectivity index (χ3v) is 3.65. The molecule has 0 aliphatic carbocycles. The first-order valence-electron chi connectivity index (χ1n) is 8.77. The van der Waals surface area contributed by atoms with Crippen LogP contribution in [0, 0.1) is 10.1 Å². The summed E-state index contributed by atoms with van der Waals surface area (Å²) in [7, 11) is 0. The Bertz CT molecular complexity index is 538. The van der Waals surface area contributed by atoms with E-state index >= 15 is 0 Å². The van der Waals surface area contributed by atoms with Gasteiger partial charge in [-0.3, -0.25) is 9.59 Å². The van der Waals surface area contributed by atoms with Gasteiger partial charge < -0.3 is 24.5 Å². The molecule has 0 atom stereocenters. The zero-order valence-corrected chi connectivity index (χ0v) is 15.9. The SMILES string of the molecule is CC(C)(C)OC(=O)NC1CCN(C(=O)COC(=O)CCCO[N+](=O)[O-])CC1. The highest BCUT2D eigenvalue weighted by Crippen LogP contribution is 2.13. The van der Waals surface area contributed by atoms with Crippen LogP contribution in [-0.2, 0) is 23.9 Å². The Kier molecular flexibility index (Phi) is 8.76. The number of amides is 2. The molecule has 154 valence electrons. The molecule has 0 bridgehead atoms. The summed E-state index contributed by atoms with van der Waals surface area (Å²) in [5.74, 6) is -0.933. The van der Waals surface area contributed by atoms with Crippen molar-refractivity contribution in [3.63, 3.8) is 0 Å². The van der Waals surface area contributed by atoms with E-state index < -0.39 is 22.8 Å². The molecule has 1 saturated heterocycles. The van der Waals surface area contributed by atoms with Crippen LogP contribution in [0.2, 0.25) is 0 Å². The van der Waals surface area contributed by atoms with Crippen molar-refractivity contribution in [1.29, 1.82) is 0 Å². The maximum absolute atomic E-state index is 12.1. The predicted octanol–water partition coefficient (Wildman–Crippen LogP) is 1.03. The second kappa shape index (κ2) is 10.5. The number of ether oxygens (including phenoxy) is 2. The maximum atomic E-state index is 12.1. The minimum Gasteiger partial charge on any atom is -0.456 e. The van der Waals surface area contributed by atoms with Gasteiger partial charge >= 0.3 is 12.1 Å². The monoisotopic (exact) mass is 389 g/mol. The summed E-state index contributed by atoms with van der Waals surface area (Å²) < 4.78 is 10.1. The molecule has 2 amide bonds. The average Bonchev–Trinajstić information content (AvgIpc) is 2.55. The van der Waals surface area contributed by atoms with Crippen LogP contribution in [0.15, 0.2) is 0 Å². The van der Waals surface area contributed by atoms with Crippen LogP contribution in [0.3, 0.4) is 0 Å². The summed E-state index contributed by atoms with van der Waals surface area (Å²) in [6.45, 7) is 5.65. The minimum atomic E-state index is -0.934. The van der Waals surface area contributed by atoms with E-state index in [-0.39, 0.29) is 38.0 Å². The third-order valence-electron chi connectivity index (χ3n) is 3.65. The van der Waals surface area contributed by atoms with Crippen molar-refractivity contribution in [2.75, 3.05) is 26.3 Å². The van der Waals surface area contributed by atoms with Gasteiger partial charge in [0.05, 0.1) is 6.61 Å². The molecule has 0 aromatic heterocycles. The fourth-order valence-electron chi connectivity index (χ4n) is 2.41. The molecule has 27 heavy (non-hydrogen) atoms. The second-order valence-electron chi connectivity index (χ2n) is 7.12. The van der Waals surface area contributed by atoms with E-state index in [1.807, 2.05) is 0 Å². The molecule has 0 saturated carbocycles. The molecule has 1 aliphatic heterocycles. The Hall–Kier alpha value is -2.59. The lowest BCUT2D eigenvalue weighted by atomic mass is 10.1. The number of rotatable bonds is 8. The maximum Gasteiger partial charge on any atom is 0.407 e. The topological polar surface area (TPSA) is 137 Å². The molecule has 0 spiro atoms. The Morgan fingerprint density at radius 3 is 2.41 bits per heavy atom. The van der Waals surface area contributed by atoms with Crippen molar-refractivity contribution >= 4 is 18.0 Å². The molecule has 0 aromatic rings. The highest BCUT2D eigenvalue weighted by molar-refractivity contribution is 5.80. The third kappa shape index (κ3) is 10.2. The second-order valence-corrected chi connectivity index (χ2v) is 7.12. The number of carbonyl (C=O) groups is 3. The van der Waals surface area contributed by atoms with Crippen molar-refractivity contribution in [3.05, 3.63) is 10.1 Å². The van der Waals surface area contributed by atoms with Gasteiger partial charge in [-0.15, -0.1) is 10.1 Å². The lowest BCUT2D eigenvalue weighted by Gasteiger charge is -2.32. The highest BCUT2D eigenvalue weighted by Gasteiger charge is 2.26. The number of likely N-dealkylation sites (tertiary alicyclic amines) is 1. The number of piperidine rings is 1. The molecule has 0 radical (unpaired) electrons. The fourth-order valence-corrected chi connectivity index (χ4v) is 2.41. The van der Waals surface area contributed by atoms with Gasteiger partial charge in [-0.2, -0.15) is 0 Å². The number of carbonyl (C=O) groups excluding carboxylic acids is 3. The van der Waals surface area contributed by atoms with Gasteiger partial charge in [0.1, 0.15) is 5.60 Å². The van der Waals surface area contributed by atoms with Gasteiger partial charge in [-0.25, -0.2) is 4.79 Å². The molecule has 1 N–H and O–H groups in total. The van der Waals surface area contributed by atoms with Crippen LogP contribution in [0.25, 0.3) is 0 Å². The molecule has 0 unspecified atom stereocenters. The Balaban J connectivity index is 2.20. The number of nitrogens with one attached hydrogen (secondary N) is 1. The van der Waals surface area contributed by atoms with E-state index in [4.69, 9.17) is 9.47 Å². The zero-order valence-electron chi connectivity index (χ0n) is 15.9. The smallest absolute Gasteiger partial charge is 0.407 e. The number of nitrogens with zero attached hydrogens (tertiary/aromatic N) is 2. The van der Waals surface area contributed by atoms with Gasteiger partial charge in [-0.1, -0.05) is 0 Å². The summed E-state index contributed by atoms with van der Waals surface area (Å²) in [5.41, 5.74) is -0.569. The molecule has 0 aromatic carbocycles. The standard InChI is InChI=1S/C16H27N3O8/c1-16(2,3)27-15(22)17-12-6-8-18(9-7-12)13(20)11-25-14(21)5-4-10-26-19(23)24/h12H,4-11H2,1-3H3,(H,17,22). The van der Waals surface area contributed by atoms with E-state index in [1.165, 1.54) is 0 Å². The van der Waals surface area contributed by atoms with Crippen molar-refractivity contribution in [1.82, 2.24) is 10.2 Å². The quantitative estimate of drug-likeness (QED) is 0.281. The Labute approximate surface area is 157 Å². The largest absolute Gasteiger partial charge is 0.456 e. The van der Waals surface area contributed by atoms with Gasteiger partial charge in [0.2, 0.25) is 0 Å². The number of esters is 1. The first-order valence-corrected chi connectivity index (χ1v) is 8.77. The summed E-state index contributed by atoms with van der Waals surface area (Å²) in [4.78, 5) is 50.9. The fraction of sp³-hybridized carbons (Fsp3) is 0.812. The van der Waals surface area contributed by atoms with Gasteiger partial charge in [0.15, 0.2) is 6.61 Å². The zero-order chi connectivity index (χ0) is 20.4. The molecule has 1 fully saturated rings. The molecule has 1 rings (SSSR count). The Morgan fingerprint density at radius 1 is 1.22 bits per heavy atom. The van der Waals surface area contributed by atoms with Crippen molar-refractivity contribution in [2.45, 2.75) is 58.1 Å². The summed E-state index contributed by atoms with van der Waals surface area (Å²) in [6.07, 6.45) is 0.745. The summed E-state index contributed by atoms with van der Waals surface area (Å²) >= 11 is 0. The van der Waals surface area contributed by atoms with Gasteiger partial charge in [0.25, 0.3) is 11.0 Å². The number of hydrogen-bond donors (Lipinski definition) is 1. The van der Waals surface area contributed by atoms with Gasteiger partial charge in [0, 0.05) is 25.6 Å². The molecule has 1 heterocycles. The molecular formula is C16H27N3O8. The lowest BCUT2D eigenvalue weighted by molar-refractivity contribution is -0.757. The number of hydrogen-bond acceptors (Lipinski definition) is 8. The van der Waals surface area contributed by atoms with Crippen molar-refractivity contribution in [3.8, 4) is 0 Å². The van der Waals surface area contributed by atoms with E-state index in [9.17, 15) is 24.5 Å². The van der Waals surface area contributed by atoms with Gasteiger partial charge in [-0.05, 0) is 40.0 Å². The summed E-state index contributed by atoms with van der Waals surface area (Å²) in [6, 6.07) is -0.0759. The van der Waals surface area contributed by atoms with Crippen LogP contribution in [0.1, 0.15) is 46.5 Å². The van der Waals surface area contributed by atoms with Crippen LogP contribution in [0.4, 0.5) is 4.79 Å². The van der Waals surface area contributed by atoms with Crippen LogP contribution < -0.4 is 5.32 Å². The molecular weight excluding hydrogens is 362 g/mol.